The number of H-pyrrole nitrogens is 1. The SMILES string of the molecule is Cc1cc(C)c2[nH]c(=O)c(CN(C[C@H]3CCCO3)S(=O)(=O)c3ccccc3C(F)(F)F)cc2c1. The second kappa shape index (κ2) is 9.16. The molecule has 6 nitrogen and oxygen atoms in total. The van der Waals surface area contributed by atoms with Crippen LogP contribution in [0, 0.1) is 13.8 Å². The first kappa shape index (κ1) is 24.4. The molecule has 1 aromatic heterocycles. The molecule has 0 spiro atoms. The molecule has 0 unspecified atom stereocenters. The van der Waals surface area contributed by atoms with E-state index in [1.807, 2.05) is 26.0 Å². The minimum absolute atomic E-state index is 0.142. The number of halogens is 3. The fourth-order valence-electron chi connectivity index (χ4n) is 4.37. The molecule has 0 bridgehead atoms. The molecule has 1 aliphatic rings. The zero-order chi connectivity index (χ0) is 24.7. The number of aromatic amines is 1. The Morgan fingerprint density at radius 1 is 1.15 bits per heavy atom. The third kappa shape index (κ3) is 4.89. The summed E-state index contributed by atoms with van der Waals surface area (Å²) in [5, 5.41) is 0.720. The van der Waals surface area contributed by atoms with Gasteiger partial charge in [-0.1, -0.05) is 23.8 Å². The zero-order valence-corrected chi connectivity index (χ0v) is 19.6. The van der Waals surface area contributed by atoms with Crippen molar-refractivity contribution >= 4 is 20.9 Å². The van der Waals surface area contributed by atoms with Gasteiger partial charge in [0.1, 0.15) is 0 Å². The number of rotatable bonds is 6. The largest absolute Gasteiger partial charge is 0.417 e. The third-order valence-electron chi connectivity index (χ3n) is 5.96. The van der Waals surface area contributed by atoms with Crippen LogP contribution in [0.3, 0.4) is 0 Å². The Bertz CT molecular complexity index is 1380. The summed E-state index contributed by atoms with van der Waals surface area (Å²) >= 11 is 0. The Labute approximate surface area is 195 Å². The van der Waals surface area contributed by atoms with Crippen LogP contribution in [-0.2, 0) is 27.5 Å². The van der Waals surface area contributed by atoms with Crippen molar-refractivity contribution < 1.29 is 26.3 Å². The number of benzene rings is 2. The van der Waals surface area contributed by atoms with E-state index in [-0.39, 0.29) is 18.7 Å². The predicted octanol–water partition coefficient (Wildman–Crippen LogP) is 4.53. The molecule has 2 heterocycles. The van der Waals surface area contributed by atoms with Gasteiger partial charge < -0.3 is 9.72 Å². The first-order chi connectivity index (χ1) is 16.0. The van der Waals surface area contributed by atoms with Gasteiger partial charge in [0.2, 0.25) is 10.0 Å². The van der Waals surface area contributed by atoms with Crippen LogP contribution < -0.4 is 5.56 Å². The molecule has 34 heavy (non-hydrogen) atoms. The highest BCUT2D eigenvalue weighted by molar-refractivity contribution is 7.89. The van der Waals surface area contributed by atoms with Gasteiger partial charge in [0.25, 0.3) is 5.56 Å². The van der Waals surface area contributed by atoms with E-state index < -0.39 is 38.3 Å². The third-order valence-corrected chi connectivity index (χ3v) is 7.83. The van der Waals surface area contributed by atoms with E-state index in [0.29, 0.717) is 18.5 Å². The van der Waals surface area contributed by atoms with Crippen molar-refractivity contribution in [1.29, 1.82) is 0 Å². The van der Waals surface area contributed by atoms with Crippen LogP contribution in [0.5, 0.6) is 0 Å². The zero-order valence-electron chi connectivity index (χ0n) is 18.8. The number of hydrogen-bond acceptors (Lipinski definition) is 4. The van der Waals surface area contributed by atoms with Crippen LogP contribution in [0.1, 0.15) is 35.1 Å². The number of alkyl halides is 3. The van der Waals surface area contributed by atoms with Gasteiger partial charge in [-0.15, -0.1) is 0 Å². The van der Waals surface area contributed by atoms with Crippen LogP contribution in [0.15, 0.2) is 52.2 Å². The van der Waals surface area contributed by atoms with E-state index in [4.69, 9.17) is 4.74 Å². The number of pyridine rings is 1. The van der Waals surface area contributed by atoms with E-state index in [1.54, 1.807) is 6.07 Å². The van der Waals surface area contributed by atoms with Crippen LogP contribution in [0.25, 0.3) is 10.9 Å². The highest BCUT2D eigenvalue weighted by Gasteiger charge is 2.39. The fraction of sp³-hybridized carbons (Fsp3) is 0.375. The van der Waals surface area contributed by atoms with Gasteiger partial charge in [0.05, 0.1) is 22.1 Å². The van der Waals surface area contributed by atoms with Crippen molar-refractivity contribution in [3.63, 3.8) is 0 Å². The van der Waals surface area contributed by atoms with E-state index in [0.717, 1.165) is 45.4 Å². The first-order valence-corrected chi connectivity index (χ1v) is 12.3. The number of ether oxygens (including phenoxy) is 1. The van der Waals surface area contributed by atoms with Crippen molar-refractivity contribution in [2.24, 2.45) is 0 Å². The summed E-state index contributed by atoms with van der Waals surface area (Å²) in [5.74, 6) is 0. The monoisotopic (exact) mass is 494 g/mol. The lowest BCUT2D eigenvalue weighted by atomic mass is 10.1. The fourth-order valence-corrected chi connectivity index (χ4v) is 6.03. The molecular formula is C24H25F3N2O4S. The summed E-state index contributed by atoms with van der Waals surface area (Å²) in [6.45, 7) is 3.67. The molecule has 1 aliphatic heterocycles. The number of hydrogen-bond donors (Lipinski definition) is 1. The van der Waals surface area contributed by atoms with Crippen molar-refractivity contribution in [2.45, 2.75) is 50.4 Å². The van der Waals surface area contributed by atoms with Crippen molar-refractivity contribution in [3.8, 4) is 0 Å². The number of nitrogens with zero attached hydrogens (tertiary/aromatic N) is 1. The van der Waals surface area contributed by atoms with Gasteiger partial charge in [-0.05, 0) is 61.9 Å². The van der Waals surface area contributed by atoms with Gasteiger partial charge >= 0.3 is 6.18 Å². The maximum atomic E-state index is 13.6. The van der Waals surface area contributed by atoms with Crippen molar-refractivity contribution in [2.75, 3.05) is 13.2 Å². The lowest BCUT2D eigenvalue weighted by Crippen LogP contribution is -2.39. The molecule has 3 aromatic rings. The average molecular weight is 495 g/mol. The maximum absolute atomic E-state index is 13.6. The summed E-state index contributed by atoms with van der Waals surface area (Å²) in [5.41, 5.74) is 0.869. The van der Waals surface area contributed by atoms with Gasteiger partial charge in [-0.2, -0.15) is 17.5 Å². The lowest BCUT2D eigenvalue weighted by molar-refractivity contribution is -0.139. The van der Waals surface area contributed by atoms with Gasteiger partial charge in [-0.25, -0.2) is 8.42 Å². The Morgan fingerprint density at radius 3 is 2.56 bits per heavy atom. The number of aryl methyl sites for hydroxylation is 2. The van der Waals surface area contributed by atoms with Gasteiger partial charge in [0.15, 0.2) is 0 Å². The molecular weight excluding hydrogens is 469 g/mol. The Balaban J connectivity index is 1.80. The molecule has 1 saturated heterocycles. The summed E-state index contributed by atoms with van der Waals surface area (Å²) in [7, 11) is -4.61. The van der Waals surface area contributed by atoms with E-state index in [9.17, 15) is 26.4 Å². The van der Waals surface area contributed by atoms with Crippen molar-refractivity contribution in [3.05, 3.63) is 75.1 Å². The second-order valence-corrected chi connectivity index (χ2v) is 10.5. The van der Waals surface area contributed by atoms with Crippen LogP contribution in [0.4, 0.5) is 13.2 Å². The Kier molecular flexibility index (Phi) is 6.58. The second-order valence-electron chi connectivity index (χ2n) is 8.60. The maximum Gasteiger partial charge on any atom is 0.417 e. The number of aromatic nitrogens is 1. The first-order valence-electron chi connectivity index (χ1n) is 10.9. The topological polar surface area (TPSA) is 79.5 Å². The summed E-state index contributed by atoms with van der Waals surface area (Å²) < 4.78 is 74.4. The molecule has 0 radical (unpaired) electrons. The normalized spacial score (nSPS) is 17.1. The smallest absolute Gasteiger partial charge is 0.377 e. The Hall–Kier alpha value is -2.69. The molecule has 2 aromatic carbocycles. The number of fused-ring (bicyclic) bond motifs is 1. The van der Waals surface area contributed by atoms with E-state index in [1.165, 1.54) is 6.07 Å². The Morgan fingerprint density at radius 2 is 1.88 bits per heavy atom. The highest BCUT2D eigenvalue weighted by Crippen LogP contribution is 2.35. The molecule has 1 N–H and O–H groups in total. The standard InChI is InChI=1S/C24H25F3N2O4S/c1-15-10-16(2)22-17(11-15)12-18(23(30)28-22)13-29(14-19-6-5-9-33-19)34(31,32)21-8-4-3-7-20(21)24(25,26)27/h3-4,7-8,10-12,19H,5-6,9,13-14H2,1-2H3,(H,28,30)/t19-/m1/s1. The number of sulfonamides is 1. The number of nitrogens with one attached hydrogen (secondary N) is 1. The van der Waals surface area contributed by atoms with Crippen LogP contribution in [-0.4, -0.2) is 37.0 Å². The lowest BCUT2D eigenvalue weighted by Gasteiger charge is -2.26. The quantitative estimate of drug-likeness (QED) is 0.546. The molecule has 1 fully saturated rings. The summed E-state index contributed by atoms with van der Waals surface area (Å²) in [4.78, 5) is 14.8. The van der Waals surface area contributed by atoms with E-state index in [2.05, 4.69) is 4.98 Å². The van der Waals surface area contributed by atoms with Crippen molar-refractivity contribution in [1.82, 2.24) is 9.29 Å². The summed E-state index contributed by atoms with van der Waals surface area (Å²) in [6.07, 6.45) is -4.00. The molecule has 0 aliphatic carbocycles. The van der Waals surface area contributed by atoms with Gasteiger partial charge in [0, 0.05) is 25.3 Å². The van der Waals surface area contributed by atoms with Gasteiger partial charge in [-0.3, -0.25) is 4.79 Å². The predicted molar refractivity (Wildman–Crippen MR) is 122 cm³/mol. The molecule has 10 heteroatoms. The molecule has 0 amide bonds. The minimum Gasteiger partial charge on any atom is -0.377 e. The molecule has 1 atom stereocenters. The molecule has 0 saturated carbocycles. The summed E-state index contributed by atoms with van der Waals surface area (Å²) in [6, 6.07) is 9.46. The molecule has 4 rings (SSSR count). The van der Waals surface area contributed by atoms with Crippen LogP contribution in [0.2, 0.25) is 0 Å². The van der Waals surface area contributed by atoms with Crippen LogP contribution >= 0.6 is 0 Å². The average Bonchev–Trinajstić information content (AvgIpc) is 3.27. The minimum atomic E-state index is -4.85. The molecule has 182 valence electrons. The van der Waals surface area contributed by atoms with E-state index >= 15 is 0 Å². The highest BCUT2D eigenvalue weighted by atomic mass is 32.2.